The largest absolute Gasteiger partial charge is 0.495 e. The summed E-state index contributed by atoms with van der Waals surface area (Å²) in [6, 6.07) is 11.1. The van der Waals surface area contributed by atoms with Gasteiger partial charge in [0, 0.05) is 31.7 Å². The first-order valence-corrected chi connectivity index (χ1v) is 14.5. The number of carbonyl (C=O) groups excluding carboxylic acids is 1. The summed E-state index contributed by atoms with van der Waals surface area (Å²) in [6.07, 6.45) is 1.33. The van der Waals surface area contributed by atoms with Crippen LogP contribution in [0.3, 0.4) is 0 Å². The first kappa shape index (κ1) is 27.7. The molecule has 0 aliphatic carbocycles. The van der Waals surface area contributed by atoms with Gasteiger partial charge >= 0.3 is 0 Å². The molecule has 3 rings (SSSR count). The Morgan fingerprint density at radius 1 is 1.03 bits per heavy atom. The van der Waals surface area contributed by atoms with Gasteiger partial charge in [0.25, 0.3) is 0 Å². The van der Waals surface area contributed by atoms with Gasteiger partial charge in [-0.2, -0.15) is 4.31 Å². The number of rotatable bonds is 11. The third-order valence-electron chi connectivity index (χ3n) is 5.55. The SMILES string of the molecule is COc1ccccc1N(CCCC(=O)Nc1ccc(OC)c(S(=O)(=O)N2CCOCC2)c1)S(C)(=O)=O. The molecule has 1 aliphatic rings. The van der Waals surface area contributed by atoms with E-state index in [4.69, 9.17) is 14.2 Å². The molecule has 0 spiro atoms. The Hall–Kier alpha value is -2.87. The topological polar surface area (TPSA) is 132 Å². The Morgan fingerprint density at radius 2 is 1.69 bits per heavy atom. The number of sulfonamides is 2. The lowest BCUT2D eigenvalue weighted by molar-refractivity contribution is -0.116. The van der Waals surface area contributed by atoms with E-state index in [1.54, 1.807) is 30.3 Å². The van der Waals surface area contributed by atoms with E-state index in [9.17, 15) is 21.6 Å². The summed E-state index contributed by atoms with van der Waals surface area (Å²) in [5, 5.41) is 2.69. The van der Waals surface area contributed by atoms with E-state index in [1.165, 1.54) is 35.0 Å². The number of amides is 1. The van der Waals surface area contributed by atoms with Crippen molar-refractivity contribution in [1.29, 1.82) is 0 Å². The van der Waals surface area contributed by atoms with Crippen LogP contribution in [0.1, 0.15) is 12.8 Å². The highest BCUT2D eigenvalue weighted by molar-refractivity contribution is 7.92. The third kappa shape index (κ3) is 6.66. The molecule has 1 heterocycles. The lowest BCUT2D eigenvalue weighted by Crippen LogP contribution is -2.40. The molecule has 1 aliphatic heterocycles. The van der Waals surface area contributed by atoms with Gasteiger partial charge in [0.2, 0.25) is 26.0 Å². The van der Waals surface area contributed by atoms with E-state index >= 15 is 0 Å². The zero-order valence-corrected chi connectivity index (χ0v) is 22.1. The highest BCUT2D eigenvalue weighted by atomic mass is 32.2. The van der Waals surface area contributed by atoms with E-state index in [-0.39, 0.29) is 54.7 Å². The number of nitrogens with one attached hydrogen (secondary N) is 1. The maximum atomic E-state index is 13.1. The van der Waals surface area contributed by atoms with Crippen LogP contribution in [-0.4, -0.2) is 80.4 Å². The van der Waals surface area contributed by atoms with Crippen molar-refractivity contribution in [3.8, 4) is 11.5 Å². The molecule has 1 fully saturated rings. The van der Waals surface area contributed by atoms with Crippen LogP contribution in [0.2, 0.25) is 0 Å². The van der Waals surface area contributed by atoms with Crippen molar-refractivity contribution in [2.24, 2.45) is 0 Å². The van der Waals surface area contributed by atoms with Gasteiger partial charge in [-0.15, -0.1) is 0 Å². The number of nitrogens with zero attached hydrogens (tertiary/aromatic N) is 2. The van der Waals surface area contributed by atoms with Crippen molar-refractivity contribution in [2.75, 3.05) is 62.9 Å². The summed E-state index contributed by atoms with van der Waals surface area (Å²) < 4.78 is 69.3. The van der Waals surface area contributed by atoms with E-state index in [0.29, 0.717) is 24.7 Å². The monoisotopic (exact) mass is 541 g/mol. The molecule has 0 saturated carbocycles. The van der Waals surface area contributed by atoms with Crippen molar-refractivity contribution >= 4 is 37.3 Å². The molecule has 0 atom stereocenters. The third-order valence-corrected chi connectivity index (χ3v) is 8.65. The van der Waals surface area contributed by atoms with Crippen molar-refractivity contribution < 1.29 is 35.8 Å². The van der Waals surface area contributed by atoms with Gasteiger partial charge in [-0.05, 0) is 36.8 Å². The fraction of sp³-hybridized carbons (Fsp3) is 0.435. The van der Waals surface area contributed by atoms with Gasteiger partial charge in [0.1, 0.15) is 16.4 Å². The Labute approximate surface area is 212 Å². The summed E-state index contributed by atoms with van der Waals surface area (Å²) in [5.41, 5.74) is 0.674. The molecule has 2 aromatic rings. The minimum Gasteiger partial charge on any atom is -0.495 e. The van der Waals surface area contributed by atoms with Crippen LogP contribution in [0.25, 0.3) is 0 Å². The molecule has 1 N–H and O–H groups in total. The predicted octanol–water partition coefficient (Wildman–Crippen LogP) is 1.91. The van der Waals surface area contributed by atoms with E-state index in [2.05, 4.69) is 5.32 Å². The molecular weight excluding hydrogens is 510 g/mol. The van der Waals surface area contributed by atoms with Crippen LogP contribution < -0.4 is 19.1 Å². The molecule has 0 radical (unpaired) electrons. The number of methoxy groups -OCH3 is 2. The van der Waals surface area contributed by atoms with Crippen LogP contribution in [0.4, 0.5) is 11.4 Å². The minimum atomic E-state index is -3.85. The van der Waals surface area contributed by atoms with Gasteiger partial charge in [0.05, 0.1) is 39.4 Å². The van der Waals surface area contributed by atoms with E-state index in [1.807, 2.05) is 0 Å². The van der Waals surface area contributed by atoms with E-state index < -0.39 is 20.0 Å². The second-order valence-corrected chi connectivity index (χ2v) is 11.9. The summed E-state index contributed by atoms with van der Waals surface area (Å²) in [6.45, 7) is 1.12. The molecule has 1 amide bonds. The fourth-order valence-electron chi connectivity index (χ4n) is 3.79. The quantitative estimate of drug-likeness (QED) is 0.456. The number of morpholine rings is 1. The van der Waals surface area contributed by atoms with Gasteiger partial charge < -0.3 is 19.5 Å². The molecule has 198 valence electrons. The number of para-hydroxylation sites is 2. The molecule has 0 unspecified atom stereocenters. The molecule has 13 heteroatoms. The second kappa shape index (κ2) is 11.9. The number of hydrogen-bond donors (Lipinski definition) is 1. The van der Waals surface area contributed by atoms with Crippen molar-refractivity contribution in [2.45, 2.75) is 17.7 Å². The summed E-state index contributed by atoms with van der Waals surface area (Å²) >= 11 is 0. The molecule has 0 bridgehead atoms. The van der Waals surface area contributed by atoms with Crippen LogP contribution in [0.15, 0.2) is 47.4 Å². The number of hydrogen-bond acceptors (Lipinski definition) is 8. The average molecular weight is 542 g/mol. The zero-order chi connectivity index (χ0) is 26.3. The van der Waals surface area contributed by atoms with Gasteiger partial charge in [-0.1, -0.05) is 12.1 Å². The van der Waals surface area contributed by atoms with Gasteiger partial charge in [-0.3, -0.25) is 9.10 Å². The Balaban J connectivity index is 1.69. The van der Waals surface area contributed by atoms with Gasteiger partial charge in [-0.25, -0.2) is 16.8 Å². The normalized spacial score (nSPS) is 14.8. The maximum absolute atomic E-state index is 13.1. The minimum absolute atomic E-state index is 0.0126. The van der Waals surface area contributed by atoms with Crippen LogP contribution in [0, 0.1) is 0 Å². The predicted molar refractivity (Wildman–Crippen MR) is 136 cm³/mol. The fourth-order valence-corrected chi connectivity index (χ4v) is 6.35. The van der Waals surface area contributed by atoms with Gasteiger partial charge in [0.15, 0.2) is 0 Å². The van der Waals surface area contributed by atoms with Crippen molar-refractivity contribution in [3.05, 3.63) is 42.5 Å². The Kier molecular flexibility index (Phi) is 9.17. The van der Waals surface area contributed by atoms with Crippen molar-refractivity contribution in [3.63, 3.8) is 0 Å². The molecule has 36 heavy (non-hydrogen) atoms. The molecule has 0 aromatic heterocycles. The Morgan fingerprint density at radius 3 is 2.33 bits per heavy atom. The highest BCUT2D eigenvalue weighted by Gasteiger charge is 2.29. The summed E-state index contributed by atoms with van der Waals surface area (Å²) in [7, 11) is -4.64. The lowest BCUT2D eigenvalue weighted by atomic mass is 10.2. The first-order chi connectivity index (χ1) is 17.1. The zero-order valence-electron chi connectivity index (χ0n) is 20.5. The number of ether oxygens (including phenoxy) is 3. The molecular formula is C23H31N3O8S2. The number of anilines is 2. The Bertz CT molecular complexity index is 1280. The maximum Gasteiger partial charge on any atom is 0.246 e. The van der Waals surface area contributed by atoms with Crippen molar-refractivity contribution in [1.82, 2.24) is 4.31 Å². The summed E-state index contributed by atoms with van der Waals surface area (Å²) in [4.78, 5) is 12.6. The highest BCUT2D eigenvalue weighted by Crippen LogP contribution is 2.31. The molecule has 1 saturated heterocycles. The molecule has 2 aromatic carbocycles. The molecule has 11 nitrogen and oxygen atoms in total. The van der Waals surface area contributed by atoms with Crippen LogP contribution >= 0.6 is 0 Å². The smallest absolute Gasteiger partial charge is 0.246 e. The average Bonchev–Trinajstić information content (AvgIpc) is 2.86. The van der Waals surface area contributed by atoms with Crippen LogP contribution in [0.5, 0.6) is 11.5 Å². The standard InChI is InChI=1S/C23H31N3O8S2/c1-32-20-8-5-4-7-19(20)26(35(3,28)29)12-6-9-23(27)24-18-10-11-21(33-2)22(17-18)36(30,31)25-13-15-34-16-14-25/h4-5,7-8,10-11,17H,6,9,12-16H2,1-3H3,(H,24,27). The summed E-state index contributed by atoms with van der Waals surface area (Å²) in [5.74, 6) is 0.183. The van der Waals surface area contributed by atoms with Crippen LogP contribution in [-0.2, 0) is 29.6 Å². The number of benzene rings is 2. The first-order valence-electron chi connectivity index (χ1n) is 11.2. The lowest BCUT2D eigenvalue weighted by Gasteiger charge is -2.26. The second-order valence-electron chi connectivity index (χ2n) is 8.04. The number of carbonyl (C=O) groups is 1. The van der Waals surface area contributed by atoms with E-state index in [0.717, 1.165) is 6.26 Å².